The van der Waals surface area contributed by atoms with Crippen LogP contribution in [0.15, 0.2) is 124 Å². The Morgan fingerprint density at radius 2 is 1.64 bits per heavy atom. The fourth-order valence-electron chi connectivity index (χ4n) is 13.3. The second-order valence-electron chi connectivity index (χ2n) is 21.1. The third kappa shape index (κ3) is 10.2. The number of aliphatic hydroxyl groups is 4. The van der Waals surface area contributed by atoms with Gasteiger partial charge in [0.2, 0.25) is 0 Å². The summed E-state index contributed by atoms with van der Waals surface area (Å²) in [6.45, 7) is -0.273. The van der Waals surface area contributed by atoms with Crippen LogP contribution in [0.5, 0.6) is 5.75 Å². The molecule has 0 amide bonds. The first-order valence-corrected chi connectivity index (χ1v) is 26.4. The number of carbonyl (C=O) groups is 2. The van der Waals surface area contributed by atoms with Crippen LogP contribution in [0.4, 0.5) is 0 Å². The molecule has 4 N–H and O–H groups in total. The lowest BCUT2D eigenvalue weighted by Gasteiger charge is -2.54. The van der Waals surface area contributed by atoms with Crippen LogP contribution in [0, 0.1) is 17.8 Å². The molecule has 384 valence electrons. The zero-order valence-electron chi connectivity index (χ0n) is 41.7. The number of esters is 2. The fraction of sp³-hybridized carbons (Fsp3) is 0.459. The summed E-state index contributed by atoms with van der Waals surface area (Å²) >= 11 is 0. The highest BCUT2D eigenvalue weighted by atomic mass is 16.6. The molecule has 0 saturated heterocycles. The number of hydrogen-bond acceptors (Lipinski definition) is 12. The highest BCUT2D eigenvalue weighted by molar-refractivity contribution is 5.90. The molecule has 73 heavy (non-hydrogen) atoms. The Morgan fingerprint density at radius 1 is 0.836 bits per heavy atom. The zero-order valence-corrected chi connectivity index (χ0v) is 41.7. The molecule has 4 heterocycles. The van der Waals surface area contributed by atoms with Gasteiger partial charge < -0.3 is 43.8 Å². The third-order valence-electron chi connectivity index (χ3n) is 16.9. The van der Waals surface area contributed by atoms with Crippen LogP contribution in [0.3, 0.4) is 0 Å². The molecule has 11 rings (SSSR count). The summed E-state index contributed by atoms with van der Waals surface area (Å²) in [5, 5.41) is 41.6. The van der Waals surface area contributed by atoms with E-state index in [1.165, 1.54) is 16.7 Å². The molecule has 5 aromatic rings. The quantitative estimate of drug-likeness (QED) is 0.0324. The third-order valence-corrected chi connectivity index (χ3v) is 16.9. The van der Waals surface area contributed by atoms with Crippen molar-refractivity contribution in [3.8, 4) is 5.75 Å². The lowest BCUT2D eigenvalue weighted by atomic mass is 9.62. The molecule has 1 aromatic heterocycles. The predicted molar refractivity (Wildman–Crippen MR) is 275 cm³/mol. The molecule has 1 spiro atoms. The fourth-order valence-corrected chi connectivity index (χ4v) is 13.3. The Balaban J connectivity index is 1.12. The number of rotatable bonds is 11. The van der Waals surface area contributed by atoms with E-state index >= 15 is 9.59 Å². The van der Waals surface area contributed by atoms with E-state index in [0.717, 1.165) is 62.5 Å². The molecule has 3 aliphatic carbocycles. The summed E-state index contributed by atoms with van der Waals surface area (Å²) in [6, 6.07) is 31.3. The van der Waals surface area contributed by atoms with Gasteiger partial charge in [0.1, 0.15) is 18.1 Å². The number of hydrogen-bond donors (Lipinski definition) is 4. The standard InChI is InChI=1S/C61H68O12/c1-37(33-63)47-22-18-38-16-19-41(20-17-38)48-23-21-44(43-13-7-11-40(30-43)29-39-9-3-2-4-10-39)31-46(48)32-53(66)70-57-55-52(73-61(58(57)72-59(47)67)27-8-14-42-12-5-6-15-51(42)61)25-24-49-50(34-64)54(60(68)71-56(49)55)45(26-28-62)35-69-36-65/h2-4,7-11,13-14,16-17,19-20,24-25,30,42,44-46,48,51,57-58,62-65H,5-6,12,15,18,21-23,26-29,31-36H2,1H3. The summed E-state index contributed by atoms with van der Waals surface area (Å²) in [5.41, 5.74) is 5.21. The van der Waals surface area contributed by atoms with Gasteiger partial charge in [-0.1, -0.05) is 104 Å². The minimum absolute atomic E-state index is 0.0172. The summed E-state index contributed by atoms with van der Waals surface area (Å²) in [6.07, 6.45) is 9.99. The van der Waals surface area contributed by atoms with Gasteiger partial charge in [-0.05, 0) is 139 Å². The van der Waals surface area contributed by atoms with E-state index < -0.39 is 54.7 Å². The molecular formula is C61H68O12. The largest absolute Gasteiger partial charge is 0.482 e. The predicted octanol–water partition coefficient (Wildman–Crippen LogP) is 9.71. The summed E-state index contributed by atoms with van der Waals surface area (Å²) in [7, 11) is 0. The van der Waals surface area contributed by atoms with Gasteiger partial charge in [0.05, 0.1) is 25.4 Å². The van der Waals surface area contributed by atoms with Gasteiger partial charge in [-0.15, -0.1) is 0 Å². The topological polar surface area (TPSA) is 182 Å². The molecule has 2 bridgehead atoms. The Morgan fingerprint density at radius 3 is 2.42 bits per heavy atom. The van der Waals surface area contributed by atoms with Crippen molar-refractivity contribution in [3.05, 3.63) is 169 Å². The van der Waals surface area contributed by atoms with Crippen molar-refractivity contribution in [2.24, 2.45) is 17.8 Å². The molecule has 9 unspecified atom stereocenters. The van der Waals surface area contributed by atoms with Crippen LogP contribution in [0.2, 0.25) is 0 Å². The maximum absolute atomic E-state index is 15.4. The van der Waals surface area contributed by atoms with Crippen molar-refractivity contribution < 1.29 is 53.4 Å². The van der Waals surface area contributed by atoms with E-state index in [1.54, 1.807) is 19.1 Å². The number of fused-ring (bicyclic) bond motifs is 13. The molecule has 0 radical (unpaired) electrons. The first-order valence-electron chi connectivity index (χ1n) is 26.4. The van der Waals surface area contributed by atoms with Gasteiger partial charge in [-0.3, -0.25) is 4.79 Å². The van der Waals surface area contributed by atoms with Crippen molar-refractivity contribution >= 4 is 22.9 Å². The number of ether oxygens (including phenoxy) is 4. The average molecular weight is 993 g/mol. The highest BCUT2D eigenvalue weighted by Gasteiger charge is 2.61. The van der Waals surface area contributed by atoms with E-state index in [2.05, 4.69) is 84.9 Å². The normalized spacial score (nSPS) is 27.2. The van der Waals surface area contributed by atoms with Crippen LogP contribution < -0.4 is 10.4 Å². The molecule has 3 aliphatic heterocycles. The second kappa shape index (κ2) is 22.3. The summed E-state index contributed by atoms with van der Waals surface area (Å²) < 4.78 is 32.8. The van der Waals surface area contributed by atoms with E-state index in [9.17, 15) is 25.2 Å². The SMILES string of the molecule is CC(CO)=C1CCc2ccc(cc2)C2CCC(c3cccc(Cc4ccccc4)c3)CC2CC(=O)OC2c3c(ccc4c(CO)c(C(CCO)COCO)c(=O)oc34)OC3(CC=CC4CCCCC43)C2OC1=O. The van der Waals surface area contributed by atoms with Gasteiger partial charge in [0, 0.05) is 47.8 Å². The smallest absolute Gasteiger partial charge is 0.340 e. The molecular weight excluding hydrogens is 925 g/mol. The second-order valence-corrected chi connectivity index (χ2v) is 21.1. The van der Waals surface area contributed by atoms with Crippen LogP contribution in [-0.4, -0.2) is 70.7 Å². The van der Waals surface area contributed by atoms with E-state index in [4.69, 9.17) is 23.4 Å². The zero-order chi connectivity index (χ0) is 50.6. The molecule has 2 saturated carbocycles. The van der Waals surface area contributed by atoms with Gasteiger partial charge in [-0.2, -0.15) is 0 Å². The van der Waals surface area contributed by atoms with Crippen molar-refractivity contribution in [1.29, 1.82) is 0 Å². The monoisotopic (exact) mass is 992 g/mol. The van der Waals surface area contributed by atoms with Gasteiger partial charge >= 0.3 is 17.6 Å². The van der Waals surface area contributed by atoms with Crippen LogP contribution in [0.25, 0.3) is 11.0 Å². The van der Waals surface area contributed by atoms with Gasteiger partial charge in [0.25, 0.3) is 0 Å². The number of aryl methyl sites for hydroxylation is 1. The number of carbonyl (C=O) groups excluding carboxylic acids is 2. The van der Waals surface area contributed by atoms with Gasteiger partial charge in [0.15, 0.2) is 17.8 Å². The average Bonchev–Trinajstić information content (AvgIpc) is 3.40. The van der Waals surface area contributed by atoms with Crippen molar-refractivity contribution in [3.63, 3.8) is 0 Å². The van der Waals surface area contributed by atoms with E-state index in [-0.39, 0.29) is 90.9 Å². The van der Waals surface area contributed by atoms with Crippen LogP contribution >= 0.6 is 0 Å². The van der Waals surface area contributed by atoms with Crippen molar-refractivity contribution in [2.75, 3.05) is 26.6 Å². The molecule has 12 nitrogen and oxygen atoms in total. The Kier molecular flexibility index (Phi) is 15.5. The molecule has 12 heteroatoms. The van der Waals surface area contributed by atoms with Gasteiger partial charge in [-0.25, -0.2) is 9.59 Å². The van der Waals surface area contributed by atoms with Crippen LogP contribution in [-0.2, 0) is 43.2 Å². The number of aliphatic hydroxyl groups excluding tert-OH is 4. The maximum atomic E-state index is 15.4. The Labute approximate surface area is 426 Å². The lowest BCUT2D eigenvalue weighted by Crippen LogP contribution is -2.62. The number of allylic oxidation sites excluding steroid dienone is 1. The number of benzene rings is 4. The molecule has 4 aromatic carbocycles. The highest BCUT2D eigenvalue weighted by Crippen LogP contribution is 2.57. The molecule has 2 fully saturated rings. The Bertz CT molecular complexity index is 2900. The van der Waals surface area contributed by atoms with Crippen LogP contribution in [0.1, 0.15) is 146 Å². The first kappa shape index (κ1) is 50.6. The lowest BCUT2D eigenvalue weighted by molar-refractivity contribution is -0.208. The minimum atomic E-state index is -1.33. The van der Waals surface area contributed by atoms with E-state index in [0.29, 0.717) is 35.1 Å². The first-order chi connectivity index (χ1) is 35.6. The Hall–Kier alpha value is -5.89. The molecule has 9 atom stereocenters. The summed E-state index contributed by atoms with van der Waals surface area (Å²) in [5.74, 6) is -1.52. The minimum Gasteiger partial charge on any atom is -0.482 e. The summed E-state index contributed by atoms with van der Waals surface area (Å²) in [4.78, 5) is 44.9. The molecule has 6 aliphatic rings. The maximum Gasteiger partial charge on any atom is 0.340 e. The van der Waals surface area contributed by atoms with Crippen molar-refractivity contribution in [2.45, 2.75) is 133 Å². The van der Waals surface area contributed by atoms with E-state index in [1.807, 2.05) is 6.07 Å². The van der Waals surface area contributed by atoms with Crippen molar-refractivity contribution in [1.82, 2.24) is 0 Å².